The van der Waals surface area contributed by atoms with Crippen molar-refractivity contribution in [2.45, 2.75) is 18.9 Å². The van der Waals surface area contributed by atoms with Gasteiger partial charge in [0, 0.05) is 11.1 Å². The van der Waals surface area contributed by atoms with Crippen molar-refractivity contribution in [2.24, 2.45) is 0 Å². The molecule has 0 atom stereocenters. The van der Waals surface area contributed by atoms with Gasteiger partial charge in [-0.3, -0.25) is 4.55 Å². The molecule has 0 spiro atoms. The summed E-state index contributed by atoms with van der Waals surface area (Å²) in [7, 11) is -4.50. The maximum atomic E-state index is 11.7. The standard InChI is InChI=1S/C17H15NO4S/c1-11-6-5-8-13(10-11)16-18-17(23(19,20)21)15(22-16)14-9-4-3-7-12(14)2/h3-10H,1-2H3,(H,19,20,21). The van der Waals surface area contributed by atoms with E-state index in [1.807, 2.05) is 44.2 Å². The van der Waals surface area contributed by atoms with Crippen molar-refractivity contribution < 1.29 is 17.4 Å². The zero-order chi connectivity index (χ0) is 16.6. The van der Waals surface area contributed by atoms with E-state index in [2.05, 4.69) is 4.98 Å². The molecule has 118 valence electrons. The smallest absolute Gasteiger partial charge is 0.316 e. The Balaban J connectivity index is 2.26. The highest BCUT2D eigenvalue weighted by atomic mass is 32.2. The molecule has 0 radical (unpaired) electrons. The Morgan fingerprint density at radius 2 is 1.78 bits per heavy atom. The van der Waals surface area contributed by atoms with E-state index in [-0.39, 0.29) is 11.7 Å². The van der Waals surface area contributed by atoms with Gasteiger partial charge in [-0.25, -0.2) is 0 Å². The Labute approximate surface area is 134 Å². The molecule has 0 saturated heterocycles. The highest BCUT2D eigenvalue weighted by molar-refractivity contribution is 7.85. The molecule has 0 aliphatic heterocycles. The molecule has 0 saturated carbocycles. The zero-order valence-electron chi connectivity index (χ0n) is 12.6. The summed E-state index contributed by atoms with van der Waals surface area (Å²) in [5, 5.41) is -0.469. The van der Waals surface area contributed by atoms with Gasteiger partial charge in [-0.05, 0) is 31.5 Å². The van der Waals surface area contributed by atoms with Crippen LogP contribution in [0.25, 0.3) is 22.8 Å². The van der Waals surface area contributed by atoms with Crippen LogP contribution < -0.4 is 0 Å². The van der Waals surface area contributed by atoms with Gasteiger partial charge in [0.15, 0.2) is 5.76 Å². The van der Waals surface area contributed by atoms with Crippen LogP contribution in [0.3, 0.4) is 0 Å². The van der Waals surface area contributed by atoms with Gasteiger partial charge in [-0.1, -0.05) is 42.0 Å². The van der Waals surface area contributed by atoms with Crippen molar-refractivity contribution in [3.8, 4) is 22.8 Å². The van der Waals surface area contributed by atoms with Crippen molar-refractivity contribution >= 4 is 10.1 Å². The molecule has 1 aromatic heterocycles. The number of rotatable bonds is 3. The molecule has 0 amide bonds. The van der Waals surface area contributed by atoms with Gasteiger partial charge in [0.05, 0.1) is 0 Å². The first-order valence-corrected chi connectivity index (χ1v) is 8.41. The SMILES string of the molecule is Cc1cccc(-c2nc(S(=O)(=O)O)c(-c3ccccc3C)o2)c1. The van der Waals surface area contributed by atoms with Crippen molar-refractivity contribution in [1.82, 2.24) is 4.98 Å². The molecule has 3 rings (SSSR count). The molecule has 0 fully saturated rings. The van der Waals surface area contributed by atoms with Crippen molar-refractivity contribution in [3.63, 3.8) is 0 Å². The Morgan fingerprint density at radius 3 is 2.43 bits per heavy atom. The summed E-state index contributed by atoms with van der Waals surface area (Å²) in [6.07, 6.45) is 0. The molecule has 1 N–H and O–H groups in total. The molecule has 0 aliphatic rings. The fourth-order valence-corrected chi connectivity index (χ4v) is 2.96. The van der Waals surface area contributed by atoms with Crippen molar-refractivity contribution in [1.29, 1.82) is 0 Å². The highest BCUT2D eigenvalue weighted by Gasteiger charge is 2.26. The Kier molecular flexibility index (Phi) is 3.79. The molecule has 6 heteroatoms. The quantitative estimate of drug-likeness (QED) is 0.738. The van der Waals surface area contributed by atoms with Crippen LogP contribution in [0.5, 0.6) is 0 Å². The van der Waals surface area contributed by atoms with Gasteiger partial charge >= 0.3 is 10.1 Å². The van der Waals surface area contributed by atoms with E-state index in [1.54, 1.807) is 18.2 Å². The zero-order valence-corrected chi connectivity index (χ0v) is 13.5. The first-order chi connectivity index (χ1) is 10.9. The second kappa shape index (κ2) is 5.64. The topological polar surface area (TPSA) is 80.4 Å². The van der Waals surface area contributed by atoms with Crippen LogP contribution in [-0.4, -0.2) is 18.0 Å². The molecule has 2 aromatic carbocycles. The lowest BCUT2D eigenvalue weighted by Crippen LogP contribution is -2.01. The number of oxazole rings is 1. The van der Waals surface area contributed by atoms with E-state index in [9.17, 15) is 13.0 Å². The van der Waals surface area contributed by atoms with Crippen LogP contribution in [0.15, 0.2) is 58.0 Å². The molecule has 0 bridgehead atoms. The summed E-state index contributed by atoms with van der Waals surface area (Å²) in [5.41, 5.74) is 3.04. The molecule has 23 heavy (non-hydrogen) atoms. The summed E-state index contributed by atoms with van der Waals surface area (Å²) in [5.74, 6) is 0.196. The molecular formula is C17H15NO4S. The Morgan fingerprint density at radius 1 is 1.04 bits per heavy atom. The van der Waals surface area contributed by atoms with E-state index < -0.39 is 15.1 Å². The normalized spacial score (nSPS) is 11.6. The largest absolute Gasteiger partial charge is 0.435 e. The number of nitrogens with zero attached hydrogens (tertiary/aromatic N) is 1. The summed E-state index contributed by atoms with van der Waals surface area (Å²) in [6, 6.07) is 14.5. The summed E-state index contributed by atoms with van der Waals surface area (Å²) in [4.78, 5) is 4.01. The van der Waals surface area contributed by atoms with Crippen molar-refractivity contribution in [2.75, 3.05) is 0 Å². The predicted molar refractivity (Wildman–Crippen MR) is 86.7 cm³/mol. The Hall–Kier alpha value is -2.44. The first kappa shape index (κ1) is 15.5. The number of aromatic nitrogens is 1. The van der Waals surface area contributed by atoms with Gasteiger partial charge in [0.25, 0.3) is 0 Å². The van der Waals surface area contributed by atoms with Crippen LogP contribution >= 0.6 is 0 Å². The maximum Gasteiger partial charge on any atom is 0.316 e. The average molecular weight is 329 g/mol. The molecule has 5 nitrogen and oxygen atoms in total. The minimum atomic E-state index is -4.50. The van der Waals surface area contributed by atoms with Gasteiger partial charge in [-0.15, -0.1) is 0 Å². The number of benzene rings is 2. The lowest BCUT2D eigenvalue weighted by Gasteiger charge is -2.02. The Bertz CT molecular complexity index is 974. The fourth-order valence-electron chi connectivity index (χ4n) is 2.38. The molecule has 0 aliphatic carbocycles. The van der Waals surface area contributed by atoms with Gasteiger partial charge in [0.1, 0.15) is 0 Å². The molecular weight excluding hydrogens is 314 g/mol. The summed E-state index contributed by atoms with van der Waals surface area (Å²) in [6.45, 7) is 3.75. The third-order valence-corrected chi connectivity index (χ3v) is 4.26. The van der Waals surface area contributed by atoms with Gasteiger partial charge < -0.3 is 4.42 Å². The van der Waals surface area contributed by atoms with Crippen LogP contribution in [0.1, 0.15) is 11.1 Å². The van der Waals surface area contributed by atoms with E-state index in [4.69, 9.17) is 4.42 Å². The van der Waals surface area contributed by atoms with Crippen LogP contribution in [0.2, 0.25) is 0 Å². The molecule has 3 aromatic rings. The fraction of sp³-hybridized carbons (Fsp3) is 0.118. The van der Waals surface area contributed by atoms with E-state index >= 15 is 0 Å². The van der Waals surface area contributed by atoms with E-state index in [1.165, 1.54) is 0 Å². The predicted octanol–water partition coefficient (Wildman–Crippen LogP) is 3.87. The monoisotopic (exact) mass is 329 g/mol. The maximum absolute atomic E-state index is 11.7. The van der Waals surface area contributed by atoms with E-state index in [0.29, 0.717) is 11.1 Å². The lowest BCUT2D eigenvalue weighted by molar-refractivity contribution is 0.479. The molecule has 0 unspecified atom stereocenters. The molecule has 1 heterocycles. The first-order valence-electron chi connectivity index (χ1n) is 6.97. The second-order valence-electron chi connectivity index (χ2n) is 5.31. The number of hydrogen-bond acceptors (Lipinski definition) is 4. The van der Waals surface area contributed by atoms with Crippen molar-refractivity contribution in [3.05, 3.63) is 59.7 Å². The van der Waals surface area contributed by atoms with Crippen LogP contribution in [-0.2, 0) is 10.1 Å². The second-order valence-corrected chi connectivity index (χ2v) is 6.65. The third kappa shape index (κ3) is 3.04. The highest BCUT2D eigenvalue weighted by Crippen LogP contribution is 2.34. The third-order valence-electron chi connectivity index (χ3n) is 3.50. The van der Waals surface area contributed by atoms with E-state index in [0.717, 1.165) is 11.1 Å². The average Bonchev–Trinajstić information content (AvgIpc) is 2.93. The minimum absolute atomic E-state index is 0.0436. The number of hydrogen-bond donors (Lipinski definition) is 1. The summed E-state index contributed by atoms with van der Waals surface area (Å²) >= 11 is 0. The van der Waals surface area contributed by atoms with Crippen LogP contribution in [0, 0.1) is 13.8 Å². The minimum Gasteiger partial charge on any atom is -0.435 e. The number of aryl methyl sites for hydroxylation is 2. The van der Waals surface area contributed by atoms with Crippen LogP contribution in [0.4, 0.5) is 0 Å². The lowest BCUT2D eigenvalue weighted by atomic mass is 10.1. The van der Waals surface area contributed by atoms with Gasteiger partial charge in [-0.2, -0.15) is 13.4 Å². The van der Waals surface area contributed by atoms with Gasteiger partial charge in [0.2, 0.25) is 10.9 Å². The summed E-state index contributed by atoms with van der Waals surface area (Å²) < 4.78 is 38.6.